The van der Waals surface area contributed by atoms with E-state index >= 15 is 0 Å². The van der Waals surface area contributed by atoms with Crippen LogP contribution in [0.3, 0.4) is 0 Å². The van der Waals surface area contributed by atoms with E-state index in [0.717, 1.165) is 27.4 Å². The maximum absolute atomic E-state index is 14.4. The van der Waals surface area contributed by atoms with Crippen molar-refractivity contribution in [2.45, 2.75) is 37.1 Å². The van der Waals surface area contributed by atoms with Gasteiger partial charge in [-0.05, 0) is 73.6 Å². The van der Waals surface area contributed by atoms with E-state index in [1.165, 1.54) is 23.1 Å². The number of methoxy groups -OCH3 is 1. The summed E-state index contributed by atoms with van der Waals surface area (Å²) in [5.74, 6) is 0.966. The Morgan fingerprint density at radius 1 is 1.09 bits per heavy atom. The number of aromatic nitrogens is 3. The number of hydrogen-bond acceptors (Lipinski definition) is 8. The van der Waals surface area contributed by atoms with E-state index in [9.17, 15) is 9.59 Å². The first-order valence-electron chi connectivity index (χ1n) is 15.0. The number of imidazole rings is 1. The number of hydrogen-bond donors (Lipinski definition) is 1. The SMILES string of the molecule is CCN(CC)C(=O)C1=C(C)N=c2s/c(=C/c3ccc(Sc4nc5ccccc5[nH]4)o3)c(=O)n2[C@@H]1c1c(OC)ccc2ccccc12. The quantitative estimate of drug-likeness (QED) is 0.221. The van der Waals surface area contributed by atoms with Crippen molar-refractivity contribution in [1.82, 2.24) is 19.4 Å². The lowest BCUT2D eigenvalue weighted by molar-refractivity contribution is -0.127. The zero-order valence-corrected chi connectivity index (χ0v) is 27.4. The maximum atomic E-state index is 14.4. The monoisotopic (exact) mass is 649 g/mol. The van der Waals surface area contributed by atoms with Crippen LogP contribution in [0.4, 0.5) is 0 Å². The molecule has 0 saturated heterocycles. The molecule has 3 aromatic heterocycles. The van der Waals surface area contributed by atoms with E-state index in [0.29, 0.717) is 55.5 Å². The number of aromatic amines is 1. The molecule has 0 saturated carbocycles. The summed E-state index contributed by atoms with van der Waals surface area (Å²) in [6.07, 6.45) is 1.73. The predicted octanol–water partition coefficient (Wildman–Crippen LogP) is 5.89. The molecule has 3 aromatic carbocycles. The number of allylic oxidation sites excluding steroid dienone is 1. The molecule has 0 bridgehead atoms. The second-order valence-electron chi connectivity index (χ2n) is 10.8. The fourth-order valence-electron chi connectivity index (χ4n) is 5.95. The molecule has 1 atom stereocenters. The number of nitrogens with zero attached hydrogens (tertiary/aromatic N) is 4. The summed E-state index contributed by atoms with van der Waals surface area (Å²) in [4.78, 5) is 43.5. The molecule has 7 rings (SSSR count). The van der Waals surface area contributed by atoms with Gasteiger partial charge in [0, 0.05) is 24.7 Å². The van der Waals surface area contributed by atoms with Gasteiger partial charge in [-0.2, -0.15) is 0 Å². The number of furan rings is 1. The molecule has 0 unspecified atom stereocenters. The second-order valence-corrected chi connectivity index (χ2v) is 12.8. The molecule has 0 fully saturated rings. The van der Waals surface area contributed by atoms with Crippen LogP contribution in [0.15, 0.2) is 109 Å². The van der Waals surface area contributed by atoms with Crippen molar-refractivity contribution in [2.75, 3.05) is 20.2 Å². The molecule has 1 N–H and O–H groups in total. The van der Waals surface area contributed by atoms with Crippen molar-refractivity contribution in [3.63, 3.8) is 0 Å². The van der Waals surface area contributed by atoms with Gasteiger partial charge in [0.05, 0.1) is 33.9 Å². The van der Waals surface area contributed by atoms with E-state index < -0.39 is 6.04 Å². The average molecular weight is 650 g/mol. The molecule has 0 spiro atoms. The van der Waals surface area contributed by atoms with Gasteiger partial charge in [-0.15, -0.1) is 0 Å². The van der Waals surface area contributed by atoms with E-state index in [1.54, 1.807) is 22.7 Å². The van der Waals surface area contributed by atoms with Crippen LogP contribution < -0.4 is 19.6 Å². The number of likely N-dealkylation sites (N-methyl/N-ethyl adjacent to an activating group) is 1. The number of ether oxygens (including phenoxy) is 1. The molecular weight excluding hydrogens is 619 g/mol. The zero-order chi connectivity index (χ0) is 31.9. The minimum atomic E-state index is -0.747. The third-order valence-corrected chi connectivity index (χ3v) is 9.96. The molecule has 232 valence electrons. The first kappa shape index (κ1) is 29.8. The normalized spacial score (nSPS) is 15.0. The van der Waals surface area contributed by atoms with E-state index in [2.05, 4.69) is 9.97 Å². The van der Waals surface area contributed by atoms with Gasteiger partial charge >= 0.3 is 0 Å². The average Bonchev–Trinajstić information content (AvgIpc) is 3.77. The Bertz CT molecular complexity index is 2310. The molecule has 1 amide bonds. The number of carbonyl (C=O) groups is 1. The highest BCUT2D eigenvalue weighted by molar-refractivity contribution is 7.99. The highest BCUT2D eigenvalue weighted by Crippen LogP contribution is 2.40. The number of carbonyl (C=O) groups excluding carboxylic acids is 1. The standard InChI is InChI=1S/C35H31N5O4S2/c1-5-39(6-2)33(42)29-20(3)36-35-40(31(29)30-23-12-8-7-11-21(23)15-17-26(30)43-4)32(41)27(45-35)19-22-16-18-28(44-22)46-34-37-24-13-9-10-14-25(24)38-34/h7-19,31H,5-6H2,1-4H3,(H,37,38)/b27-19+/t31-/m0/s1. The highest BCUT2D eigenvalue weighted by atomic mass is 32.2. The lowest BCUT2D eigenvalue weighted by atomic mass is 9.90. The first-order chi connectivity index (χ1) is 22.4. The van der Waals surface area contributed by atoms with Crippen LogP contribution in [-0.4, -0.2) is 45.5 Å². The minimum absolute atomic E-state index is 0.154. The summed E-state index contributed by atoms with van der Waals surface area (Å²) in [5, 5.41) is 3.24. The van der Waals surface area contributed by atoms with Gasteiger partial charge in [0.1, 0.15) is 17.6 Å². The number of H-pyrrole nitrogens is 1. The number of fused-ring (bicyclic) bond motifs is 3. The molecule has 1 aliphatic heterocycles. The van der Waals surface area contributed by atoms with Crippen LogP contribution in [0.2, 0.25) is 0 Å². The van der Waals surface area contributed by atoms with E-state index in [4.69, 9.17) is 14.1 Å². The largest absolute Gasteiger partial charge is 0.496 e. The van der Waals surface area contributed by atoms with Gasteiger partial charge in [0.15, 0.2) is 15.1 Å². The predicted molar refractivity (Wildman–Crippen MR) is 181 cm³/mol. The number of benzene rings is 3. The van der Waals surface area contributed by atoms with Crippen molar-refractivity contribution in [3.05, 3.63) is 115 Å². The number of nitrogens with one attached hydrogen (secondary N) is 1. The third kappa shape index (κ3) is 5.15. The van der Waals surface area contributed by atoms with Crippen molar-refractivity contribution in [2.24, 2.45) is 4.99 Å². The van der Waals surface area contributed by atoms with Gasteiger partial charge in [-0.25, -0.2) is 9.98 Å². The van der Waals surface area contributed by atoms with Crippen LogP contribution in [0, 0.1) is 0 Å². The summed E-state index contributed by atoms with van der Waals surface area (Å²) in [7, 11) is 1.61. The molecule has 11 heteroatoms. The van der Waals surface area contributed by atoms with Gasteiger partial charge in [-0.1, -0.05) is 53.8 Å². The molecule has 6 aromatic rings. The molecule has 46 heavy (non-hydrogen) atoms. The Kier molecular flexibility index (Phi) is 7.87. The highest BCUT2D eigenvalue weighted by Gasteiger charge is 2.36. The molecule has 9 nitrogen and oxygen atoms in total. The van der Waals surface area contributed by atoms with E-state index in [-0.39, 0.29) is 11.5 Å². The summed E-state index contributed by atoms with van der Waals surface area (Å²) < 4.78 is 14.1. The minimum Gasteiger partial charge on any atom is -0.496 e. The summed E-state index contributed by atoms with van der Waals surface area (Å²) >= 11 is 2.65. The van der Waals surface area contributed by atoms with Gasteiger partial charge in [-0.3, -0.25) is 14.2 Å². The Morgan fingerprint density at radius 3 is 2.65 bits per heavy atom. The second kappa shape index (κ2) is 12.1. The smallest absolute Gasteiger partial charge is 0.271 e. The maximum Gasteiger partial charge on any atom is 0.271 e. The molecule has 1 aliphatic rings. The van der Waals surface area contributed by atoms with Crippen LogP contribution in [0.1, 0.15) is 38.1 Å². The van der Waals surface area contributed by atoms with Crippen LogP contribution >= 0.6 is 23.1 Å². The van der Waals surface area contributed by atoms with Gasteiger partial charge in [0.25, 0.3) is 11.5 Å². The van der Waals surface area contributed by atoms with Crippen molar-refractivity contribution in [3.8, 4) is 5.75 Å². The number of thiazole rings is 1. The Hall–Kier alpha value is -4.87. The van der Waals surface area contributed by atoms with Crippen molar-refractivity contribution in [1.29, 1.82) is 0 Å². The van der Waals surface area contributed by atoms with E-state index in [1.807, 2.05) is 93.6 Å². The number of amides is 1. The summed E-state index contributed by atoms with van der Waals surface area (Å²) in [5.41, 5.74) is 3.35. The van der Waals surface area contributed by atoms with Crippen molar-refractivity contribution >= 4 is 56.9 Å². The van der Waals surface area contributed by atoms with Gasteiger partial charge in [0.2, 0.25) is 0 Å². The lowest BCUT2D eigenvalue weighted by Crippen LogP contribution is -2.43. The topological polar surface area (TPSA) is 106 Å². The van der Waals surface area contributed by atoms with Crippen LogP contribution in [0.5, 0.6) is 5.75 Å². The number of para-hydroxylation sites is 2. The van der Waals surface area contributed by atoms with Crippen LogP contribution in [0.25, 0.3) is 27.9 Å². The Labute approximate surface area is 272 Å². The third-order valence-electron chi connectivity index (χ3n) is 8.17. The van der Waals surface area contributed by atoms with Crippen LogP contribution in [-0.2, 0) is 4.79 Å². The Balaban J connectivity index is 1.36. The first-order valence-corrected chi connectivity index (χ1v) is 16.6. The summed E-state index contributed by atoms with van der Waals surface area (Å²) in [6.45, 7) is 6.80. The fourth-order valence-corrected chi connectivity index (χ4v) is 7.75. The lowest BCUT2D eigenvalue weighted by Gasteiger charge is -2.30. The molecular formula is C35H31N5O4S2. The summed E-state index contributed by atoms with van der Waals surface area (Å²) in [6, 6.07) is 22.6. The van der Waals surface area contributed by atoms with Gasteiger partial charge < -0.3 is 19.0 Å². The Morgan fingerprint density at radius 2 is 1.87 bits per heavy atom. The fraction of sp³-hybridized carbons (Fsp3) is 0.200. The zero-order valence-electron chi connectivity index (χ0n) is 25.7. The number of rotatable bonds is 8. The molecule has 0 radical (unpaired) electrons. The van der Waals surface area contributed by atoms with Crippen molar-refractivity contribution < 1.29 is 13.9 Å². The molecule has 0 aliphatic carbocycles. The molecule has 4 heterocycles.